The number of ether oxygens (including phenoxy) is 1. The molecule has 1 aliphatic carbocycles. The zero-order chi connectivity index (χ0) is 17.3. The number of thiophene rings is 1. The number of hydrogen-bond acceptors (Lipinski definition) is 7. The third-order valence-corrected chi connectivity index (χ3v) is 5.63. The molecule has 2 aromatic heterocycles. The highest BCUT2D eigenvalue weighted by atomic mass is 32.1. The van der Waals surface area contributed by atoms with Gasteiger partial charge in [-0.15, -0.1) is 11.3 Å². The van der Waals surface area contributed by atoms with Crippen LogP contribution in [0.25, 0.3) is 10.2 Å². The molecule has 0 spiro atoms. The van der Waals surface area contributed by atoms with Crippen LogP contribution in [0.3, 0.4) is 0 Å². The number of fused-ring (bicyclic) bond motifs is 1. The second-order valence-corrected chi connectivity index (χ2v) is 7.64. The van der Waals surface area contributed by atoms with Crippen molar-refractivity contribution >= 4 is 44.7 Å². The van der Waals surface area contributed by atoms with Crippen LogP contribution >= 0.6 is 11.3 Å². The average Bonchev–Trinajstić information content (AvgIpc) is 3.37. The first kappa shape index (κ1) is 15.8. The SMILES string of the molecule is c1cc2nc(Nc3ccc(N4CCOCC4)cc3)nc(NC3CC3)c2s1. The number of rotatable bonds is 5. The van der Waals surface area contributed by atoms with E-state index in [9.17, 15) is 0 Å². The molecule has 0 amide bonds. The fourth-order valence-corrected chi connectivity index (χ4v) is 3.93. The second-order valence-electron chi connectivity index (χ2n) is 6.72. The molecule has 1 aliphatic heterocycles. The number of benzene rings is 1. The average molecular weight is 367 g/mol. The Bertz CT molecular complexity index is 900. The fraction of sp³-hybridized carbons (Fsp3) is 0.368. The summed E-state index contributed by atoms with van der Waals surface area (Å²) in [5.74, 6) is 1.58. The van der Waals surface area contributed by atoms with E-state index in [0.29, 0.717) is 12.0 Å². The highest BCUT2D eigenvalue weighted by Gasteiger charge is 2.23. The van der Waals surface area contributed by atoms with Gasteiger partial charge in [-0.05, 0) is 48.6 Å². The number of hydrogen-bond donors (Lipinski definition) is 2. The van der Waals surface area contributed by atoms with E-state index in [2.05, 4.69) is 50.2 Å². The van der Waals surface area contributed by atoms with Gasteiger partial charge < -0.3 is 20.3 Å². The molecule has 2 aliphatic rings. The minimum absolute atomic E-state index is 0.566. The van der Waals surface area contributed by atoms with Crippen LogP contribution in [0.15, 0.2) is 35.7 Å². The molecule has 1 aromatic carbocycles. The first-order valence-corrected chi connectivity index (χ1v) is 9.95. The van der Waals surface area contributed by atoms with Crippen LogP contribution in [-0.4, -0.2) is 42.3 Å². The van der Waals surface area contributed by atoms with Gasteiger partial charge in [-0.3, -0.25) is 0 Å². The van der Waals surface area contributed by atoms with Crippen molar-refractivity contribution in [2.45, 2.75) is 18.9 Å². The lowest BCUT2D eigenvalue weighted by Crippen LogP contribution is -2.36. The highest BCUT2D eigenvalue weighted by Crippen LogP contribution is 2.32. The van der Waals surface area contributed by atoms with Gasteiger partial charge in [0.1, 0.15) is 5.82 Å². The van der Waals surface area contributed by atoms with Gasteiger partial charge in [0, 0.05) is 30.5 Å². The Kier molecular flexibility index (Phi) is 4.10. The normalized spacial score (nSPS) is 17.5. The molecule has 0 unspecified atom stereocenters. The van der Waals surface area contributed by atoms with Gasteiger partial charge in [-0.25, -0.2) is 4.98 Å². The summed E-state index contributed by atoms with van der Waals surface area (Å²) in [6.07, 6.45) is 2.45. The summed E-state index contributed by atoms with van der Waals surface area (Å²) in [6.45, 7) is 3.48. The van der Waals surface area contributed by atoms with E-state index >= 15 is 0 Å². The topological polar surface area (TPSA) is 62.3 Å². The molecule has 3 heterocycles. The summed E-state index contributed by atoms with van der Waals surface area (Å²) >= 11 is 1.69. The van der Waals surface area contributed by atoms with E-state index in [4.69, 9.17) is 9.72 Å². The Morgan fingerprint density at radius 3 is 2.62 bits per heavy atom. The number of nitrogens with one attached hydrogen (secondary N) is 2. The number of morpholine rings is 1. The van der Waals surface area contributed by atoms with Crippen LogP contribution in [0, 0.1) is 0 Å². The molecule has 0 atom stereocenters. The largest absolute Gasteiger partial charge is 0.378 e. The molecular weight excluding hydrogens is 346 g/mol. The number of aromatic nitrogens is 2. The van der Waals surface area contributed by atoms with Crippen LogP contribution in [0.2, 0.25) is 0 Å². The maximum absolute atomic E-state index is 5.42. The van der Waals surface area contributed by atoms with Gasteiger partial charge in [-0.1, -0.05) is 0 Å². The van der Waals surface area contributed by atoms with Crippen molar-refractivity contribution in [3.63, 3.8) is 0 Å². The number of anilines is 4. The van der Waals surface area contributed by atoms with Crippen LogP contribution in [0.5, 0.6) is 0 Å². The smallest absolute Gasteiger partial charge is 0.229 e. The van der Waals surface area contributed by atoms with Crippen LogP contribution in [0.4, 0.5) is 23.1 Å². The predicted octanol–water partition coefficient (Wildman–Crippen LogP) is 3.85. The lowest BCUT2D eigenvalue weighted by atomic mass is 10.2. The second kappa shape index (κ2) is 6.74. The molecule has 0 radical (unpaired) electrons. The summed E-state index contributed by atoms with van der Waals surface area (Å²) in [5, 5.41) is 8.94. The third kappa shape index (κ3) is 3.32. The van der Waals surface area contributed by atoms with Gasteiger partial charge in [0.05, 0.1) is 23.4 Å². The van der Waals surface area contributed by atoms with E-state index in [-0.39, 0.29) is 0 Å². The number of nitrogens with zero attached hydrogens (tertiary/aromatic N) is 3. The summed E-state index contributed by atoms with van der Waals surface area (Å²) in [7, 11) is 0. The minimum Gasteiger partial charge on any atom is -0.378 e. The van der Waals surface area contributed by atoms with Gasteiger partial charge in [0.25, 0.3) is 0 Å². The Morgan fingerprint density at radius 1 is 1.04 bits per heavy atom. The molecule has 134 valence electrons. The van der Waals surface area contributed by atoms with Crippen molar-refractivity contribution in [3.8, 4) is 0 Å². The van der Waals surface area contributed by atoms with Gasteiger partial charge in [-0.2, -0.15) is 4.98 Å². The molecular formula is C19H21N5OS. The Hall–Kier alpha value is -2.38. The molecule has 6 nitrogen and oxygen atoms in total. The fourth-order valence-electron chi connectivity index (χ4n) is 3.14. The van der Waals surface area contributed by atoms with Crippen LogP contribution < -0.4 is 15.5 Å². The van der Waals surface area contributed by atoms with Crippen LogP contribution in [-0.2, 0) is 4.74 Å². The van der Waals surface area contributed by atoms with E-state index in [1.165, 1.54) is 18.5 Å². The lowest BCUT2D eigenvalue weighted by molar-refractivity contribution is 0.122. The molecule has 0 bridgehead atoms. The molecule has 3 aromatic rings. The highest BCUT2D eigenvalue weighted by molar-refractivity contribution is 7.17. The van der Waals surface area contributed by atoms with Crippen molar-refractivity contribution in [1.82, 2.24) is 9.97 Å². The molecule has 26 heavy (non-hydrogen) atoms. The molecule has 5 rings (SSSR count). The standard InChI is InChI=1S/C19H21N5OS/c1-2-13(1)20-18-17-16(7-12-26-17)22-19(23-18)21-14-3-5-15(6-4-14)24-8-10-25-11-9-24/h3-7,12-13H,1-2,8-11H2,(H2,20,21,22,23). The Morgan fingerprint density at radius 2 is 1.85 bits per heavy atom. The zero-order valence-electron chi connectivity index (χ0n) is 14.4. The van der Waals surface area contributed by atoms with Crippen molar-refractivity contribution < 1.29 is 4.74 Å². The van der Waals surface area contributed by atoms with Gasteiger partial charge in [0.2, 0.25) is 5.95 Å². The van der Waals surface area contributed by atoms with E-state index in [1.54, 1.807) is 11.3 Å². The van der Waals surface area contributed by atoms with Gasteiger partial charge >= 0.3 is 0 Å². The predicted molar refractivity (Wildman–Crippen MR) is 107 cm³/mol. The monoisotopic (exact) mass is 367 g/mol. The zero-order valence-corrected chi connectivity index (χ0v) is 15.3. The summed E-state index contributed by atoms with van der Waals surface area (Å²) in [5.41, 5.74) is 3.21. The molecule has 7 heteroatoms. The molecule has 1 saturated carbocycles. The van der Waals surface area contributed by atoms with Crippen molar-refractivity contribution in [3.05, 3.63) is 35.7 Å². The molecule has 1 saturated heterocycles. The first-order valence-electron chi connectivity index (χ1n) is 9.07. The van der Waals surface area contributed by atoms with Gasteiger partial charge in [0.15, 0.2) is 0 Å². The van der Waals surface area contributed by atoms with E-state index in [1.807, 2.05) is 6.07 Å². The van der Waals surface area contributed by atoms with E-state index in [0.717, 1.165) is 48.0 Å². The summed E-state index contributed by atoms with van der Waals surface area (Å²) < 4.78 is 6.55. The van der Waals surface area contributed by atoms with Crippen molar-refractivity contribution in [1.29, 1.82) is 0 Å². The maximum atomic E-state index is 5.42. The summed E-state index contributed by atoms with van der Waals surface area (Å²) in [6, 6.07) is 11.1. The third-order valence-electron chi connectivity index (χ3n) is 4.72. The van der Waals surface area contributed by atoms with Crippen molar-refractivity contribution in [2.75, 3.05) is 41.8 Å². The Balaban J connectivity index is 1.36. The minimum atomic E-state index is 0.566. The van der Waals surface area contributed by atoms with Crippen LogP contribution in [0.1, 0.15) is 12.8 Å². The summed E-state index contributed by atoms with van der Waals surface area (Å²) in [4.78, 5) is 11.7. The molecule has 2 N–H and O–H groups in total. The maximum Gasteiger partial charge on any atom is 0.229 e. The first-order chi connectivity index (χ1) is 12.8. The van der Waals surface area contributed by atoms with Crippen molar-refractivity contribution in [2.24, 2.45) is 0 Å². The van der Waals surface area contributed by atoms with E-state index < -0.39 is 0 Å². The molecule has 2 fully saturated rings. The lowest BCUT2D eigenvalue weighted by Gasteiger charge is -2.28. The quantitative estimate of drug-likeness (QED) is 0.714. The Labute approximate surface area is 156 Å².